The Morgan fingerprint density at radius 2 is 1.58 bits per heavy atom. The lowest BCUT2D eigenvalue weighted by Crippen LogP contribution is -2.38. The summed E-state index contributed by atoms with van der Waals surface area (Å²) in [5, 5.41) is 0. The molecule has 24 heavy (non-hydrogen) atoms. The molecule has 1 aromatic carbocycles. The van der Waals surface area contributed by atoms with Crippen molar-refractivity contribution in [2.75, 3.05) is 13.2 Å². The summed E-state index contributed by atoms with van der Waals surface area (Å²) in [5.41, 5.74) is 0.543. The van der Waals surface area contributed by atoms with Crippen LogP contribution < -0.4 is 0 Å². The van der Waals surface area contributed by atoms with Gasteiger partial charge in [0.1, 0.15) is 0 Å². The molecule has 1 aliphatic heterocycles. The van der Waals surface area contributed by atoms with Gasteiger partial charge < -0.3 is 9.47 Å². The van der Waals surface area contributed by atoms with Crippen LogP contribution in [0.15, 0.2) is 24.8 Å². The van der Waals surface area contributed by atoms with Gasteiger partial charge in [0, 0.05) is 11.8 Å². The number of allylic oxidation sites excluding steroid dienone is 1. The summed E-state index contributed by atoms with van der Waals surface area (Å²) in [6, 6.07) is 2.24. The van der Waals surface area contributed by atoms with Crippen LogP contribution in [-0.4, -0.2) is 19.5 Å². The average molecular weight is 340 g/mol. The fourth-order valence-corrected chi connectivity index (χ4v) is 3.74. The van der Waals surface area contributed by atoms with Gasteiger partial charge in [-0.2, -0.15) is 0 Å². The Hall–Kier alpha value is -1.33. The molecule has 1 saturated heterocycles. The van der Waals surface area contributed by atoms with Gasteiger partial charge in [0.25, 0.3) is 0 Å². The zero-order valence-corrected chi connectivity index (χ0v) is 13.6. The summed E-state index contributed by atoms with van der Waals surface area (Å²) >= 11 is 0. The Morgan fingerprint density at radius 3 is 2.12 bits per heavy atom. The maximum absolute atomic E-state index is 13.4. The maximum atomic E-state index is 13.4. The number of hydrogen-bond donors (Lipinski definition) is 0. The van der Waals surface area contributed by atoms with Crippen LogP contribution in [0, 0.1) is 29.3 Å². The first-order valence-electron chi connectivity index (χ1n) is 8.57. The van der Waals surface area contributed by atoms with Crippen molar-refractivity contribution in [3.05, 3.63) is 47.8 Å². The molecule has 132 valence electrons. The predicted molar refractivity (Wildman–Crippen MR) is 85.0 cm³/mol. The summed E-state index contributed by atoms with van der Waals surface area (Å²) in [6.07, 6.45) is 5.94. The van der Waals surface area contributed by atoms with E-state index in [9.17, 15) is 13.2 Å². The molecule has 1 saturated carbocycles. The van der Waals surface area contributed by atoms with E-state index in [4.69, 9.17) is 9.47 Å². The van der Waals surface area contributed by atoms with E-state index >= 15 is 0 Å². The molecule has 3 rings (SSSR count). The Balaban J connectivity index is 1.54. The first-order valence-corrected chi connectivity index (χ1v) is 8.57. The lowest BCUT2D eigenvalue weighted by molar-refractivity contribution is -0.228. The molecule has 2 aliphatic rings. The van der Waals surface area contributed by atoms with Crippen LogP contribution in [0.5, 0.6) is 0 Å². The van der Waals surface area contributed by atoms with Crippen LogP contribution in [0.2, 0.25) is 0 Å². The van der Waals surface area contributed by atoms with E-state index in [2.05, 4.69) is 6.58 Å². The lowest BCUT2D eigenvalue weighted by atomic mass is 9.78. The highest BCUT2D eigenvalue weighted by atomic mass is 19.2. The van der Waals surface area contributed by atoms with Gasteiger partial charge in [0.15, 0.2) is 23.7 Å². The molecule has 1 aromatic rings. The van der Waals surface area contributed by atoms with Crippen LogP contribution in [-0.2, 0) is 9.47 Å². The van der Waals surface area contributed by atoms with Crippen molar-refractivity contribution in [2.24, 2.45) is 11.8 Å². The lowest BCUT2D eigenvalue weighted by Gasteiger charge is -2.37. The largest absolute Gasteiger partial charge is 0.352 e. The third-order valence-corrected chi connectivity index (χ3v) is 5.13. The van der Waals surface area contributed by atoms with Crippen molar-refractivity contribution in [3.8, 4) is 0 Å². The van der Waals surface area contributed by atoms with Gasteiger partial charge in [-0.05, 0) is 55.7 Å². The van der Waals surface area contributed by atoms with E-state index in [0.717, 1.165) is 44.2 Å². The number of rotatable bonds is 4. The second-order valence-corrected chi connectivity index (χ2v) is 6.84. The molecular weight excluding hydrogens is 317 g/mol. The first-order chi connectivity index (χ1) is 11.6. The van der Waals surface area contributed by atoms with E-state index < -0.39 is 17.5 Å². The van der Waals surface area contributed by atoms with Crippen LogP contribution in [0.3, 0.4) is 0 Å². The molecule has 5 heteroatoms. The summed E-state index contributed by atoms with van der Waals surface area (Å²) in [7, 11) is 0. The Labute approximate surface area is 140 Å². The average Bonchev–Trinajstić information content (AvgIpc) is 2.60. The quantitative estimate of drug-likeness (QED) is 0.571. The van der Waals surface area contributed by atoms with E-state index in [1.807, 2.05) is 6.08 Å². The van der Waals surface area contributed by atoms with E-state index in [0.29, 0.717) is 30.6 Å². The minimum Gasteiger partial charge on any atom is -0.352 e. The maximum Gasteiger partial charge on any atom is 0.194 e. The molecule has 2 nitrogen and oxygen atoms in total. The topological polar surface area (TPSA) is 18.5 Å². The predicted octanol–water partition coefficient (Wildman–Crippen LogP) is 4.94. The summed E-state index contributed by atoms with van der Waals surface area (Å²) in [5.74, 6) is -2.88. The van der Waals surface area contributed by atoms with Crippen molar-refractivity contribution in [2.45, 2.75) is 44.3 Å². The van der Waals surface area contributed by atoms with Crippen molar-refractivity contribution >= 4 is 0 Å². The SMILES string of the molecule is C=CCC1COC(C2CCC(c3cc(F)c(F)c(F)c3)CC2)OC1. The van der Waals surface area contributed by atoms with Crippen molar-refractivity contribution < 1.29 is 22.6 Å². The van der Waals surface area contributed by atoms with E-state index in [1.54, 1.807) is 0 Å². The fourth-order valence-electron chi connectivity index (χ4n) is 3.74. The van der Waals surface area contributed by atoms with Crippen molar-refractivity contribution in [1.29, 1.82) is 0 Å². The molecule has 0 bridgehead atoms. The van der Waals surface area contributed by atoms with Gasteiger partial charge in [0.05, 0.1) is 13.2 Å². The minimum atomic E-state index is -1.40. The van der Waals surface area contributed by atoms with Gasteiger partial charge in [0.2, 0.25) is 0 Å². The number of ether oxygens (including phenoxy) is 2. The molecule has 0 atom stereocenters. The Kier molecular flexibility index (Phi) is 5.61. The van der Waals surface area contributed by atoms with E-state index in [-0.39, 0.29) is 12.2 Å². The number of halogens is 3. The standard InChI is InChI=1S/C19H23F3O2/c1-2-3-12-10-23-19(24-11-12)14-6-4-13(5-7-14)15-8-16(20)18(22)17(21)9-15/h2,8-9,12-14,19H,1,3-7,10-11H2. The van der Waals surface area contributed by atoms with Crippen LogP contribution >= 0.6 is 0 Å². The van der Waals surface area contributed by atoms with Crippen LogP contribution in [0.1, 0.15) is 43.6 Å². The summed E-state index contributed by atoms with van der Waals surface area (Å²) in [4.78, 5) is 0. The molecule has 0 aromatic heterocycles. The highest BCUT2D eigenvalue weighted by Crippen LogP contribution is 2.39. The monoisotopic (exact) mass is 340 g/mol. The zero-order chi connectivity index (χ0) is 17.1. The fraction of sp³-hybridized carbons (Fsp3) is 0.579. The molecule has 0 amide bonds. The molecule has 1 heterocycles. The van der Waals surface area contributed by atoms with Gasteiger partial charge in [-0.3, -0.25) is 0 Å². The normalized spacial score (nSPS) is 31.0. The van der Waals surface area contributed by atoms with Gasteiger partial charge in [-0.15, -0.1) is 6.58 Å². The number of benzene rings is 1. The molecule has 0 unspecified atom stereocenters. The van der Waals surface area contributed by atoms with Crippen LogP contribution in [0.25, 0.3) is 0 Å². The molecule has 0 spiro atoms. The minimum absolute atomic E-state index is 0.0583. The molecule has 2 fully saturated rings. The third kappa shape index (κ3) is 3.83. The van der Waals surface area contributed by atoms with Crippen LogP contribution in [0.4, 0.5) is 13.2 Å². The Bertz CT molecular complexity index is 551. The van der Waals surface area contributed by atoms with Crippen molar-refractivity contribution in [3.63, 3.8) is 0 Å². The Morgan fingerprint density at radius 1 is 1.00 bits per heavy atom. The van der Waals surface area contributed by atoms with Gasteiger partial charge in [-0.1, -0.05) is 6.08 Å². The second-order valence-electron chi connectivity index (χ2n) is 6.84. The molecule has 0 radical (unpaired) electrons. The zero-order valence-electron chi connectivity index (χ0n) is 13.6. The molecule has 1 aliphatic carbocycles. The highest BCUT2D eigenvalue weighted by Gasteiger charge is 2.33. The second kappa shape index (κ2) is 7.70. The van der Waals surface area contributed by atoms with Crippen molar-refractivity contribution in [1.82, 2.24) is 0 Å². The third-order valence-electron chi connectivity index (χ3n) is 5.13. The van der Waals surface area contributed by atoms with E-state index in [1.165, 1.54) is 0 Å². The molecule has 0 N–H and O–H groups in total. The van der Waals surface area contributed by atoms with Gasteiger partial charge in [-0.25, -0.2) is 13.2 Å². The molecular formula is C19H23F3O2. The summed E-state index contributed by atoms with van der Waals surface area (Å²) in [6.45, 7) is 5.10. The first kappa shape index (κ1) is 17.5. The highest BCUT2D eigenvalue weighted by molar-refractivity contribution is 5.23. The number of hydrogen-bond acceptors (Lipinski definition) is 2. The summed E-state index contributed by atoms with van der Waals surface area (Å²) < 4.78 is 51.6. The van der Waals surface area contributed by atoms with Gasteiger partial charge >= 0.3 is 0 Å². The smallest absolute Gasteiger partial charge is 0.194 e.